The molecule has 3 heterocycles. The number of amides is 1. The Morgan fingerprint density at radius 3 is 2.48 bits per heavy atom. The summed E-state index contributed by atoms with van der Waals surface area (Å²) in [5.74, 6) is 4.50. The van der Waals surface area contributed by atoms with Crippen molar-refractivity contribution in [2.24, 2.45) is 5.92 Å². The van der Waals surface area contributed by atoms with Crippen LogP contribution in [0.3, 0.4) is 0 Å². The number of anilines is 2. The SMILES string of the molecule is COCCN1CCC(C#Cc2c(Oc3ccc(NC(=O)c4cn(C(C)C)c(=O)n(-c5ccc(F)cc5)c4=O)cc3F)ccnc2N)CC1. The highest BCUT2D eigenvalue weighted by molar-refractivity contribution is 6.03. The smallest absolute Gasteiger partial charge is 0.335 e. The molecule has 0 unspecified atom stereocenters. The third-order valence-electron chi connectivity index (χ3n) is 7.95. The van der Waals surface area contributed by atoms with Crippen molar-refractivity contribution >= 4 is 17.4 Å². The number of nitrogens with zero attached hydrogens (tertiary/aromatic N) is 4. The zero-order valence-electron chi connectivity index (χ0n) is 26.8. The molecule has 48 heavy (non-hydrogen) atoms. The van der Waals surface area contributed by atoms with E-state index in [9.17, 15) is 18.8 Å². The number of hydrogen-bond donors (Lipinski definition) is 2. The van der Waals surface area contributed by atoms with Crippen molar-refractivity contribution in [3.63, 3.8) is 0 Å². The van der Waals surface area contributed by atoms with Gasteiger partial charge in [0.05, 0.1) is 12.3 Å². The van der Waals surface area contributed by atoms with Crippen molar-refractivity contribution in [1.29, 1.82) is 0 Å². The van der Waals surface area contributed by atoms with E-state index >= 15 is 4.39 Å². The van der Waals surface area contributed by atoms with Gasteiger partial charge in [0.15, 0.2) is 11.6 Å². The summed E-state index contributed by atoms with van der Waals surface area (Å²) in [6, 6.07) is 9.62. The van der Waals surface area contributed by atoms with Crippen LogP contribution in [-0.4, -0.2) is 58.3 Å². The molecule has 13 heteroatoms. The number of likely N-dealkylation sites (tertiary alicyclic amines) is 1. The lowest BCUT2D eigenvalue weighted by Gasteiger charge is -2.29. The molecular formula is C35H36F2N6O5. The number of carbonyl (C=O) groups is 1. The van der Waals surface area contributed by atoms with Gasteiger partial charge in [-0.25, -0.2) is 23.1 Å². The van der Waals surface area contributed by atoms with Crippen molar-refractivity contribution in [2.45, 2.75) is 32.7 Å². The summed E-state index contributed by atoms with van der Waals surface area (Å²) in [6.07, 6.45) is 4.38. The Balaban J connectivity index is 1.34. The number of rotatable bonds is 9. The lowest BCUT2D eigenvalue weighted by Crippen LogP contribution is -2.42. The Morgan fingerprint density at radius 1 is 1.08 bits per heavy atom. The highest BCUT2D eigenvalue weighted by atomic mass is 19.1. The van der Waals surface area contributed by atoms with Gasteiger partial charge in [0, 0.05) is 55.8 Å². The third kappa shape index (κ3) is 7.79. The van der Waals surface area contributed by atoms with Gasteiger partial charge in [-0.3, -0.25) is 14.2 Å². The number of pyridine rings is 1. The Bertz CT molecular complexity index is 1970. The number of nitrogen functional groups attached to an aromatic ring is 1. The zero-order valence-corrected chi connectivity index (χ0v) is 26.8. The molecule has 250 valence electrons. The quantitative estimate of drug-likeness (QED) is 0.250. The molecule has 0 aliphatic carbocycles. The van der Waals surface area contributed by atoms with Crippen molar-refractivity contribution in [1.82, 2.24) is 19.0 Å². The molecule has 1 amide bonds. The number of piperidine rings is 1. The molecule has 1 aliphatic rings. The van der Waals surface area contributed by atoms with Crippen LogP contribution in [-0.2, 0) is 4.74 Å². The molecule has 1 fully saturated rings. The first-order valence-electron chi connectivity index (χ1n) is 15.5. The van der Waals surface area contributed by atoms with E-state index in [1.165, 1.54) is 35.0 Å². The first-order chi connectivity index (χ1) is 23.0. The van der Waals surface area contributed by atoms with Gasteiger partial charge < -0.3 is 25.4 Å². The van der Waals surface area contributed by atoms with Crippen LogP contribution in [0.5, 0.6) is 11.5 Å². The summed E-state index contributed by atoms with van der Waals surface area (Å²) in [7, 11) is 1.69. The summed E-state index contributed by atoms with van der Waals surface area (Å²) < 4.78 is 41.9. The monoisotopic (exact) mass is 658 g/mol. The van der Waals surface area contributed by atoms with Crippen LogP contribution in [0.2, 0.25) is 0 Å². The first kappa shape index (κ1) is 34.0. The van der Waals surface area contributed by atoms with Gasteiger partial charge in [-0.05, 0) is 76.2 Å². The number of hydrogen-bond acceptors (Lipinski definition) is 8. The minimum atomic E-state index is -0.915. The molecular weight excluding hydrogens is 622 g/mol. The molecule has 0 atom stereocenters. The lowest BCUT2D eigenvalue weighted by molar-refractivity contribution is 0.102. The Labute approximate surface area is 275 Å². The molecule has 3 N–H and O–H groups in total. The van der Waals surface area contributed by atoms with E-state index in [1.54, 1.807) is 27.0 Å². The minimum Gasteiger partial charge on any atom is -0.453 e. The van der Waals surface area contributed by atoms with Gasteiger partial charge in [-0.15, -0.1) is 0 Å². The van der Waals surface area contributed by atoms with E-state index in [2.05, 4.69) is 27.0 Å². The van der Waals surface area contributed by atoms with Gasteiger partial charge in [0.2, 0.25) is 0 Å². The predicted molar refractivity (Wildman–Crippen MR) is 178 cm³/mol. The molecule has 2 aromatic heterocycles. The summed E-state index contributed by atoms with van der Waals surface area (Å²) >= 11 is 0. The second-order valence-corrected chi connectivity index (χ2v) is 11.6. The van der Waals surface area contributed by atoms with E-state index in [0.29, 0.717) is 12.2 Å². The van der Waals surface area contributed by atoms with Crippen molar-refractivity contribution in [3.8, 4) is 29.0 Å². The van der Waals surface area contributed by atoms with Crippen LogP contribution in [0.15, 0.2) is 70.5 Å². The maximum atomic E-state index is 15.3. The summed E-state index contributed by atoms with van der Waals surface area (Å²) in [5, 5.41) is 2.51. The fourth-order valence-corrected chi connectivity index (χ4v) is 5.26. The Morgan fingerprint density at radius 2 is 1.81 bits per heavy atom. The van der Waals surface area contributed by atoms with Crippen LogP contribution < -0.4 is 27.0 Å². The maximum Gasteiger partial charge on any atom is 0.335 e. The van der Waals surface area contributed by atoms with E-state index < -0.39 is 34.8 Å². The number of halogens is 2. The predicted octanol–water partition coefficient (Wildman–Crippen LogP) is 4.59. The summed E-state index contributed by atoms with van der Waals surface area (Å²) in [4.78, 5) is 46.2. The number of methoxy groups -OCH3 is 1. The van der Waals surface area contributed by atoms with E-state index in [0.717, 1.165) is 61.4 Å². The molecule has 1 saturated heterocycles. The fourth-order valence-electron chi connectivity index (χ4n) is 5.26. The maximum absolute atomic E-state index is 15.3. The lowest BCUT2D eigenvalue weighted by atomic mass is 9.97. The Kier molecular flexibility index (Phi) is 10.7. The standard InChI is InChI=1S/C35H36F2N6O5/c1-22(2)42-21-28(34(45)43(35(42)46)26-8-5-24(36)6-9-26)33(44)40-25-7-11-31(29(37)20-25)48-30-12-15-39-32(38)27(30)10-4-23-13-16-41(17-14-23)18-19-47-3/h5-9,11-12,15,20-23H,13-14,16-19H2,1-3H3,(H2,38,39)(H,40,44). The average molecular weight is 659 g/mol. The van der Waals surface area contributed by atoms with Crippen LogP contribution in [0.25, 0.3) is 5.69 Å². The van der Waals surface area contributed by atoms with Gasteiger partial charge in [-0.2, -0.15) is 0 Å². The van der Waals surface area contributed by atoms with Gasteiger partial charge in [0.1, 0.15) is 28.5 Å². The van der Waals surface area contributed by atoms with Crippen LogP contribution >= 0.6 is 0 Å². The zero-order chi connectivity index (χ0) is 34.4. The Hall–Kier alpha value is -5.32. The van der Waals surface area contributed by atoms with Crippen molar-refractivity contribution in [3.05, 3.63) is 105 Å². The summed E-state index contributed by atoms with van der Waals surface area (Å²) in [5.41, 5.74) is 4.60. The van der Waals surface area contributed by atoms with Crippen molar-refractivity contribution in [2.75, 3.05) is 44.4 Å². The normalized spacial score (nSPS) is 13.6. The van der Waals surface area contributed by atoms with E-state index in [1.807, 2.05) is 0 Å². The van der Waals surface area contributed by atoms with Crippen LogP contribution in [0, 0.1) is 29.4 Å². The molecule has 0 spiro atoms. The van der Waals surface area contributed by atoms with E-state index in [-0.39, 0.29) is 40.2 Å². The molecule has 4 aromatic rings. The second-order valence-electron chi connectivity index (χ2n) is 11.6. The minimum absolute atomic E-state index is 0.0333. The largest absolute Gasteiger partial charge is 0.453 e. The molecule has 0 radical (unpaired) electrons. The first-order valence-corrected chi connectivity index (χ1v) is 15.5. The van der Waals surface area contributed by atoms with Gasteiger partial charge >= 0.3 is 5.69 Å². The van der Waals surface area contributed by atoms with Gasteiger partial charge in [-0.1, -0.05) is 11.8 Å². The number of carbonyl (C=O) groups excluding carboxylic acids is 1. The average Bonchev–Trinajstić information content (AvgIpc) is 3.06. The fraction of sp³-hybridized carbons (Fsp3) is 0.314. The number of ether oxygens (including phenoxy) is 2. The number of nitrogens with two attached hydrogens (primary N) is 1. The van der Waals surface area contributed by atoms with Crippen molar-refractivity contribution < 1.29 is 23.0 Å². The summed E-state index contributed by atoms with van der Waals surface area (Å²) in [6.45, 7) is 6.80. The highest BCUT2D eigenvalue weighted by Gasteiger charge is 2.21. The highest BCUT2D eigenvalue weighted by Crippen LogP contribution is 2.31. The molecule has 5 rings (SSSR count). The third-order valence-corrected chi connectivity index (χ3v) is 7.95. The molecule has 2 aromatic carbocycles. The number of aromatic nitrogens is 3. The topological polar surface area (TPSA) is 134 Å². The van der Waals surface area contributed by atoms with E-state index in [4.69, 9.17) is 15.2 Å². The number of benzene rings is 2. The van der Waals surface area contributed by atoms with Crippen LogP contribution in [0.4, 0.5) is 20.3 Å². The second kappa shape index (κ2) is 15.1. The van der Waals surface area contributed by atoms with Crippen LogP contribution in [0.1, 0.15) is 48.7 Å². The number of nitrogens with one attached hydrogen (secondary N) is 1. The molecule has 0 saturated carbocycles. The molecule has 0 bridgehead atoms. The molecule has 1 aliphatic heterocycles. The van der Waals surface area contributed by atoms with Gasteiger partial charge in [0.25, 0.3) is 11.5 Å². The molecule has 11 nitrogen and oxygen atoms in total.